The van der Waals surface area contributed by atoms with E-state index in [9.17, 15) is 14.4 Å². The van der Waals surface area contributed by atoms with Gasteiger partial charge in [-0.1, -0.05) is 60.7 Å². The van der Waals surface area contributed by atoms with E-state index in [1.165, 1.54) is 18.7 Å². The molecule has 1 aromatic heterocycles. The van der Waals surface area contributed by atoms with Crippen molar-refractivity contribution in [3.8, 4) is 5.88 Å². The maximum Gasteiger partial charge on any atom is 0.333 e. The van der Waals surface area contributed by atoms with Gasteiger partial charge in [-0.2, -0.15) is 0 Å². The summed E-state index contributed by atoms with van der Waals surface area (Å²) in [6, 6.07) is 18.1. The van der Waals surface area contributed by atoms with Gasteiger partial charge in [0.2, 0.25) is 11.7 Å². The van der Waals surface area contributed by atoms with Crippen molar-refractivity contribution in [2.45, 2.75) is 12.0 Å². The molecule has 0 aliphatic carbocycles. The maximum atomic E-state index is 13.2. The van der Waals surface area contributed by atoms with Crippen molar-refractivity contribution >= 4 is 5.78 Å². The summed E-state index contributed by atoms with van der Waals surface area (Å²) >= 11 is 0. The average molecular weight is 362 g/mol. The Kier molecular flexibility index (Phi) is 4.03. The minimum Gasteiger partial charge on any atom is -0.466 e. The third-order valence-electron chi connectivity index (χ3n) is 4.97. The number of ketones is 1. The predicted octanol–water partition coefficient (Wildman–Crippen LogP) is 1.86. The number of hydrogen-bond acceptors (Lipinski definition) is 4. The van der Waals surface area contributed by atoms with Crippen LogP contribution in [0.5, 0.6) is 5.88 Å². The van der Waals surface area contributed by atoms with E-state index in [4.69, 9.17) is 4.74 Å². The highest BCUT2D eigenvalue weighted by Crippen LogP contribution is 2.40. The number of carbonyl (C=O) groups excluding carboxylic acids is 1. The van der Waals surface area contributed by atoms with Crippen LogP contribution in [0.3, 0.4) is 0 Å². The first-order chi connectivity index (χ1) is 13.0. The predicted molar refractivity (Wildman–Crippen MR) is 100 cm³/mol. The summed E-state index contributed by atoms with van der Waals surface area (Å²) < 4.78 is 8.27. The van der Waals surface area contributed by atoms with E-state index >= 15 is 0 Å². The molecule has 2 heterocycles. The number of nitrogens with zero attached hydrogens (tertiary/aromatic N) is 2. The van der Waals surface area contributed by atoms with Gasteiger partial charge in [-0.15, -0.1) is 0 Å². The highest BCUT2D eigenvalue weighted by atomic mass is 16.5. The van der Waals surface area contributed by atoms with E-state index in [0.717, 1.165) is 10.1 Å². The van der Waals surface area contributed by atoms with Gasteiger partial charge >= 0.3 is 5.69 Å². The highest BCUT2D eigenvalue weighted by molar-refractivity contribution is 6.01. The summed E-state index contributed by atoms with van der Waals surface area (Å²) in [7, 11) is 2.97. The molecule has 1 aliphatic heterocycles. The van der Waals surface area contributed by atoms with E-state index < -0.39 is 23.3 Å². The average Bonchev–Trinajstić information content (AvgIpc) is 3.12. The SMILES string of the molecule is Cn1c2c(c(=O)n(C)c1=O)[C@H](c1ccccc1)[C@@H](C(=O)c1ccccc1)O2. The molecule has 0 spiro atoms. The lowest BCUT2D eigenvalue weighted by molar-refractivity contribution is 0.0796. The molecule has 0 unspecified atom stereocenters. The van der Waals surface area contributed by atoms with Crippen molar-refractivity contribution in [1.82, 2.24) is 9.13 Å². The van der Waals surface area contributed by atoms with Crippen LogP contribution in [0.2, 0.25) is 0 Å². The summed E-state index contributed by atoms with van der Waals surface area (Å²) in [5, 5.41) is 0. The summed E-state index contributed by atoms with van der Waals surface area (Å²) in [6.45, 7) is 0. The summed E-state index contributed by atoms with van der Waals surface area (Å²) in [5.74, 6) is -0.652. The summed E-state index contributed by atoms with van der Waals surface area (Å²) in [5.41, 5.74) is 0.697. The van der Waals surface area contributed by atoms with Crippen LogP contribution in [0.4, 0.5) is 0 Å². The lowest BCUT2D eigenvalue weighted by atomic mass is 9.86. The molecule has 0 radical (unpaired) electrons. The second kappa shape index (κ2) is 6.39. The van der Waals surface area contributed by atoms with Crippen molar-refractivity contribution in [2.75, 3.05) is 0 Å². The van der Waals surface area contributed by atoms with Gasteiger partial charge in [-0.05, 0) is 5.56 Å². The summed E-state index contributed by atoms with van der Waals surface area (Å²) in [6.07, 6.45) is -0.912. The van der Waals surface area contributed by atoms with Gasteiger partial charge in [0.05, 0.1) is 11.5 Å². The van der Waals surface area contributed by atoms with E-state index in [2.05, 4.69) is 0 Å². The monoisotopic (exact) mass is 362 g/mol. The van der Waals surface area contributed by atoms with Crippen LogP contribution in [-0.4, -0.2) is 21.0 Å². The van der Waals surface area contributed by atoms with Crippen LogP contribution in [0.25, 0.3) is 0 Å². The smallest absolute Gasteiger partial charge is 0.333 e. The molecular formula is C21H18N2O4. The Morgan fingerprint density at radius 2 is 1.48 bits per heavy atom. The molecule has 3 aromatic rings. The lowest BCUT2D eigenvalue weighted by Crippen LogP contribution is -2.38. The highest BCUT2D eigenvalue weighted by Gasteiger charge is 2.44. The number of hydrogen-bond donors (Lipinski definition) is 0. The normalized spacial score (nSPS) is 18.0. The third kappa shape index (κ3) is 2.61. The molecule has 27 heavy (non-hydrogen) atoms. The van der Waals surface area contributed by atoms with Gasteiger partial charge in [-0.3, -0.25) is 18.7 Å². The fourth-order valence-electron chi connectivity index (χ4n) is 3.57. The first kappa shape index (κ1) is 17.0. The largest absolute Gasteiger partial charge is 0.466 e. The molecule has 6 nitrogen and oxygen atoms in total. The first-order valence-electron chi connectivity index (χ1n) is 8.61. The molecule has 6 heteroatoms. The number of carbonyl (C=O) groups is 1. The Hall–Kier alpha value is -3.41. The molecule has 4 rings (SSSR count). The first-order valence-corrected chi connectivity index (χ1v) is 8.61. The molecule has 0 saturated heterocycles. The second-order valence-electron chi connectivity index (χ2n) is 6.58. The number of aromatic nitrogens is 2. The van der Waals surface area contributed by atoms with Crippen LogP contribution < -0.4 is 16.0 Å². The van der Waals surface area contributed by atoms with E-state index in [1.807, 2.05) is 36.4 Å². The standard InChI is InChI=1S/C21H18N2O4/c1-22-19(25)16-15(13-9-5-3-6-10-13)18(27-20(16)23(2)21(22)26)17(24)14-11-7-4-8-12-14/h3-12,15,18H,1-2H3/t15-,18-/m0/s1. The molecule has 2 aromatic carbocycles. The van der Waals surface area contributed by atoms with Crippen LogP contribution in [0.15, 0.2) is 70.3 Å². The van der Waals surface area contributed by atoms with E-state index in [-0.39, 0.29) is 11.7 Å². The Morgan fingerprint density at radius 3 is 2.11 bits per heavy atom. The van der Waals surface area contributed by atoms with Gasteiger partial charge in [-0.25, -0.2) is 4.79 Å². The lowest BCUT2D eigenvalue weighted by Gasteiger charge is -2.18. The van der Waals surface area contributed by atoms with Crippen LogP contribution >= 0.6 is 0 Å². The maximum absolute atomic E-state index is 13.2. The molecule has 2 atom stereocenters. The fraction of sp³-hybridized carbons (Fsp3) is 0.190. The molecule has 0 N–H and O–H groups in total. The minimum absolute atomic E-state index is 0.159. The van der Waals surface area contributed by atoms with Gasteiger partial charge in [0.15, 0.2) is 6.10 Å². The van der Waals surface area contributed by atoms with Crippen molar-refractivity contribution < 1.29 is 9.53 Å². The number of Topliss-reactive ketones (excluding diaryl/α,β-unsaturated/α-hetero) is 1. The zero-order chi connectivity index (χ0) is 19.1. The van der Waals surface area contributed by atoms with Crippen LogP contribution in [-0.2, 0) is 14.1 Å². The molecular weight excluding hydrogens is 344 g/mol. The number of benzene rings is 2. The topological polar surface area (TPSA) is 70.3 Å². The van der Waals surface area contributed by atoms with Crippen LogP contribution in [0, 0.1) is 0 Å². The molecule has 136 valence electrons. The second-order valence-corrected chi connectivity index (χ2v) is 6.58. The molecule has 0 bridgehead atoms. The molecule has 1 aliphatic rings. The minimum atomic E-state index is -0.912. The Bertz CT molecular complexity index is 1130. The number of ether oxygens (including phenoxy) is 1. The van der Waals surface area contributed by atoms with Crippen LogP contribution in [0.1, 0.15) is 27.4 Å². The zero-order valence-corrected chi connectivity index (χ0v) is 15.0. The third-order valence-corrected chi connectivity index (χ3v) is 4.97. The van der Waals surface area contributed by atoms with Gasteiger partial charge in [0.1, 0.15) is 0 Å². The van der Waals surface area contributed by atoms with Gasteiger partial charge in [0.25, 0.3) is 5.56 Å². The van der Waals surface area contributed by atoms with Crippen molar-refractivity contribution in [3.05, 3.63) is 98.2 Å². The molecule has 0 fully saturated rings. The number of rotatable bonds is 3. The Morgan fingerprint density at radius 1 is 0.889 bits per heavy atom. The zero-order valence-electron chi connectivity index (χ0n) is 15.0. The van der Waals surface area contributed by atoms with Crippen molar-refractivity contribution in [3.63, 3.8) is 0 Å². The van der Waals surface area contributed by atoms with Gasteiger partial charge in [0, 0.05) is 19.7 Å². The van der Waals surface area contributed by atoms with E-state index in [0.29, 0.717) is 11.1 Å². The Labute approximate surface area is 155 Å². The quantitative estimate of drug-likeness (QED) is 0.667. The number of fused-ring (bicyclic) bond motifs is 1. The van der Waals surface area contributed by atoms with E-state index in [1.54, 1.807) is 24.3 Å². The Balaban J connectivity index is 1.95. The fourth-order valence-corrected chi connectivity index (χ4v) is 3.57. The molecule has 0 amide bonds. The van der Waals surface area contributed by atoms with Crippen molar-refractivity contribution in [1.29, 1.82) is 0 Å². The van der Waals surface area contributed by atoms with Gasteiger partial charge < -0.3 is 4.74 Å². The summed E-state index contributed by atoms with van der Waals surface area (Å²) in [4.78, 5) is 38.4. The molecule has 0 saturated carbocycles. The van der Waals surface area contributed by atoms with Crippen molar-refractivity contribution in [2.24, 2.45) is 14.1 Å².